The number of carbonyl (C=O) groups is 1. The van der Waals surface area contributed by atoms with E-state index in [1.807, 2.05) is 0 Å². The Balaban J connectivity index is 2.03. The SMILES string of the molecule is O=C(O)c1ccccc1Nc1ncnc2c1cnn2CCO. The molecule has 2 heterocycles. The number of nitrogens with zero attached hydrogens (tertiary/aromatic N) is 4. The molecule has 0 amide bonds. The Morgan fingerprint density at radius 2 is 2.09 bits per heavy atom. The molecule has 3 N–H and O–H groups in total. The van der Waals surface area contributed by atoms with Crippen molar-refractivity contribution in [2.45, 2.75) is 6.54 Å². The summed E-state index contributed by atoms with van der Waals surface area (Å²) in [6, 6.07) is 6.57. The number of anilines is 2. The zero-order valence-corrected chi connectivity index (χ0v) is 11.5. The predicted octanol–water partition coefficient (Wildman–Crippen LogP) is 1.26. The minimum atomic E-state index is -1.02. The summed E-state index contributed by atoms with van der Waals surface area (Å²) in [6.45, 7) is 0.275. The van der Waals surface area contributed by atoms with E-state index in [9.17, 15) is 9.90 Å². The monoisotopic (exact) mass is 299 g/mol. The van der Waals surface area contributed by atoms with Crippen LogP contribution in [0.5, 0.6) is 0 Å². The van der Waals surface area contributed by atoms with Gasteiger partial charge in [-0.15, -0.1) is 0 Å². The highest BCUT2D eigenvalue weighted by Gasteiger charge is 2.13. The third-order valence-electron chi connectivity index (χ3n) is 3.16. The first-order chi connectivity index (χ1) is 10.7. The van der Waals surface area contributed by atoms with Gasteiger partial charge < -0.3 is 15.5 Å². The molecule has 8 nitrogen and oxygen atoms in total. The number of hydrogen-bond acceptors (Lipinski definition) is 6. The maximum absolute atomic E-state index is 11.2. The summed E-state index contributed by atoms with van der Waals surface area (Å²) in [5.74, 6) is -0.563. The highest BCUT2D eigenvalue weighted by Crippen LogP contribution is 2.24. The molecule has 3 rings (SSSR count). The lowest BCUT2D eigenvalue weighted by Crippen LogP contribution is -2.06. The van der Waals surface area contributed by atoms with Crippen molar-refractivity contribution in [3.05, 3.63) is 42.4 Å². The first-order valence-corrected chi connectivity index (χ1v) is 6.57. The fourth-order valence-corrected chi connectivity index (χ4v) is 2.16. The van der Waals surface area contributed by atoms with Gasteiger partial charge in [0.15, 0.2) is 5.65 Å². The van der Waals surface area contributed by atoms with Crippen LogP contribution in [0.3, 0.4) is 0 Å². The van der Waals surface area contributed by atoms with E-state index in [-0.39, 0.29) is 12.2 Å². The van der Waals surface area contributed by atoms with Crippen LogP contribution in [-0.2, 0) is 6.54 Å². The quantitative estimate of drug-likeness (QED) is 0.650. The van der Waals surface area contributed by atoms with Gasteiger partial charge in [-0.25, -0.2) is 19.4 Å². The highest BCUT2D eigenvalue weighted by atomic mass is 16.4. The second kappa shape index (κ2) is 5.78. The molecule has 8 heteroatoms. The van der Waals surface area contributed by atoms with Crippen LogP contribution in [0, 0.1) is 0 Å². The van der Waals surface area contributed by atoms with Crippen molar-refractivity contribution in [3.8, 4) is 0 Å². The molecular formula is C14H13N5O3. The van der Waals surface area contributed by atoms with Gasteiger partial charge in [0.1, 0.15) is 12.1 Å². The minimum absolute atomic E-state index is 0.0502. The molecule has 0 bridgehead atoms. The molecular weight excluding hydrogens is 286 g/mol. The number of aliphatic hydroxyl groups excluding tert-OH is 1. The number of aliphatic hydroxyl groups is 1. The van der Waals surface area contributed by atoms with Crippen molar-refractivity contribution in [1.29, 1.82) is 0 Å². The van der Waals surface area contributed by atoms with Gasteiger partial charge in [0.25, 0.3) is 0 Å². The van der Waals surface area contributed by atoms with Gasteiger partial charge in [0.2, 0.25) is 0 Å². The molecule has 1 aromatic carbocycles. The number of carboxylic acids is 1. The highest BCUT2D eigenvalue weighted by molar-refractivity contribution is 5.97. The Morgan fingerprint density at radius 3 is 2.86 bits per heavy atom. The van der Waals surface area contributed by atoms with E-state index in [0.29, 0.717) is 29.1 Å². The fourth-order valence-electron chi connectivity index (χ4n) is 2.16. The van der Waals surface area contributed by atoms with E-state index in [4.69, 9.17) is 5.11 Å². The summed E-state index contributed by atoms with van der Waals surface area (Å²) in [6.07, 6.45) is 2.94. The average Bonchev–Trinajstić information content (AvgIpc) is 2.92. The van der Waals surface area contributed by atoms with E-state index in [1.165, 1.54) is 12.4 Å². The Labute approximate surface area is 125 Å². The first-order valence-electron chi connectivity index (χ1n) is 6.57. The zero-order chi connectivity index (χ0) is 15.5. The van der Waals surface area contributed by atoms with E-state index in [0.717, 1.165) is 0 Å². The van der Waals surface area contributed by atoms with Gasteiger partial charge >= 0.3 is 5.97 Å². The summed E-state index contributed by atoms with van der Waals surface area (Å²) in [7, 11) is 0. The normalized spacial score (nSPS) is 10.8. The largest absolute Gasteiger partial charge is 0.478 e. The van der Waals surface area contributed by atoms with Gasteiger partial charge in [-0.3, -0.25) is 0 Å². The molecule has 3 aromatic rings. The van der Waals surface area contributed by atoms with Crippen LogP contribution >= 0.6 is 0 Å². The molecule has 0 aliphatic heterocycles. The number of benzene rings is 1. The molecule has 0 fully saturated rings. The van der Waals surface area contributed by atoms with E-state index in [2.05, 4.69) is 20.4 Å². The Bertz CT molecular complexity index is 830. The van der Waals surface area contributed by atoms with Crippen molar-refractivity contribution in [2.75, 3.05) is 11.9 Å². The number of rotatable bonds is 5. The third-order valence-corrected chi connectivity index (χ3v) is 3.16. The lowest BCUT2D eigenvalue weighted by molar-refractivity contribution is 0.0698. The second-order valence-electron chi connectivity index (χ2n) is 4.53. The van der Waals surface area contributed by atoms with Crippen molar-refractivity contribution in [1.82, 2.24) is 19.7 Å². The molecule has 0 spiro atoms. The standard InChI is InChI=1S/C14H13N5O3/c20-6-5-19-13-10(7-17-19)12(15-8-16-13)18-11-4-2-1-3-9(11)14(21)22/h1-4,7-8,20H,5-6H2,(H,21,22)(H,15,16,18). The molecule has 0 unspecified atom stereocenters. The van der Waals surface area contributed by atoms with Crippen molar-refractivity contribution in [3.63, 3.8) is 0 Å². The maximum atomic E-state index is 11.2. The number of para-hydroxylation sites is 1. The average molecular weight is 299 g/mol. The number of nitrogens with one attached hydrogen (secondary N) is 1. The van der Waals surface area contributed by atoms with Crippen LogP contribution < -0.4 is 5.32 Å². The smallest absolute Gasteiger partial charge is 0.337 e. The first kappa shape index (κ1) is 14.0. The topological polar surface area (TPSA) is 113 Å². The molecule has 112 valence electrons. The number of aromatic carboxylic acids is 1. The molecule has 0 saturated heterocycles. The summed E-state index contributed by atoms with van der Waals surface area (Å²) >= 11 is 0. The van der Waals surface area contributed by atoms with Crippen molar-refractivity contribution >= 4 is 28.5 Å². The summed E-state index contributed by atoms with van der Waals surface area (Å²) in [4.78, 5) is 19.5. The van der Waals surface area contributed by atoms with Gasteiger partial charge in [-0.2, -0.15) is 5.10 Å². The van der Waals surface area contributed by atoms with Crippen LogP contribution in [-0.4, -0.2) is 42.5 Å². The third kappa shape index (κ3) is 2.47. The van der Waals surface area contributed by atoms with Gasteiger partial charge in [0, 0.05) is 0 Å². The molecule has 0 radical (unpaired) electrons. The van der Waals surface area contributed by atoms with Crippen molar-refractivity contribution in [2.24, 2.45) is 0 Å². The van der Waals surface area contributed by atoms with E-state index < -0.39 is 5.97 Å². The van der Waals surface area contributed by atoms with Gasteiger partial charge in [-0.1, -0.05) is 12.1 Å². The lowest BCUT2D eigenvalue weighted by Gasteiger charge is -2.09. The fraction of sp³-hybridized carbons (Fsp3) is 0.143. The number of hydrogen-bond donors (Lipinski definition) is 3. The molecule has 0 aliphatic rings. The van der Waals surface area contributed by atoms with Gasteiger partial charge in [-0.05, 0) is 12.1 Å². The van der Waals surface area contributed by atoms with E-state index >= 15 is 0 Å². The predicted molar refractivity (Wildman–Crippen MR) is 79.1 cm³/mol. The Morgan fingerprint density at radius 1 is 1.27 bits per heavy atom. The van der Waals surface area contributed by atoms with Crippen LogP contribution in [0.25, 0.3) is 11.0 Å². The summed E-state index contributed by atoms with van der Waals surface area (Å²) in [5, 5.41) is 26.0. The lowest BCUT2D eigenvalue weighted by atomic mass is 10.2. The van der Waals surface area contributed by atoms with Crippen LogP contribution in [0.4, 0.5) is 11.5 Å². The Hall–Kier alpha value is -3.00. The Kier molecular flexibility index (Phi) is 3.67. The van der Waals surface area contributed by atoms with E-state index in [1.54, 1.807) is 29.1 Å². The minimum Gasteiger partial charge on any atom is -0.478 e. The number of aromatic nitrogens is 4. The molecule has 2 aromatic heterocycles. The van der Waals surface area contributed by atoms with Crippen molar-refractivity contribution < 1.29 is 15.0 Å². The second-order valence-corrected chi connectivity index (χ2v) is 4.53. The molecule has 22 heavy (non-hydrogen) atoms. The molecule has 0 aliphatic carbocycles. The van der Waals surface area contributed by atoms with Crippen LogP contribution in [0.2, 0.25) is 0 Å². The van der Waals surface area contributed by atoms with Crippen LogP contribution in [0.1, 0.15) is 10.4 Å². The summed E-state index contributed by atoms with van der Waals surface area (Å²) < 4.78 is 1.56. The van der Waals surface area contributed by atoms with Gasteiger partial charge in [0.05, 0.1) is 36.0 Å². The molecule has 0 atom stereocenters. The summed E-state index contributed by atoms with van der Waals surface area (Å²) in [5.41, 5.74) is 1.15. The number of fused-ring (bicyclic) bond motifs is 1. The van der Waals surface area contributed by atoms with Crippen LogP contribution in [0.15, 0.2) is 36.8 Å². The number of carboxylic acid groups (broad SMARTS) is 1. The zero-order valence-electron chi connectivity index (χ0n) is 11.5. The molecule has 0 saturated carbocycles. The maximum Gasteiger partial charge on any atom is 0.337 e.